The molecular weight excluding hydrogens is 472 g/mol. The maximum absolute atomic E-state index is 13.5. The van der Waals surface area contributed by atoms with Crippen LogP contribution in [-0.2, 0) is 6.42 Å². The molecule has 0 spiro atoms. The van der Waals surface area contributed by atoms with Gasteiger partial charge in [-0.1, -0.05) is 40.3 Å². The number of Topliss-reactive ketones (excluding diaryl/α,β-unsaturated/α-hetero) is 1. The van der Waals surface area contributed by atoms with E-state index in [1.165, 1.54) is 0 Å². The van der Waals surface area contributed by atoms with Crippen LogP contribution in [0.3, 0.4) is 0 Å². The second-order valence-corrected chi connectivity index (χ2v) is 10.9. The molecule has 1 saturated heterocycles. The van der Waals surface area contributed by atoms with Gasteiger partial charge in [-0.25, -0.2) is 0 Å². The molecule has 0 saturated carbocycles. The van der Waals surface area contributed by atoms with Crippen molar-refractivity contribution in [3.05, 3.63) is 84.8 Å². The molecule has 3 aromatic heterocycles. The lowest BCUT2D eigenvalue weighted by Gasteiger charge is -2.14. The second-order valence-electron chi connectivity index (χ2n) is 10.9. The Morgan fingerprint density at radius 1 is 0.895 bits per heavy atom. The summed E-state index contributed by atoms with van der Waals surface area (Å²) in [5.74, 6) is 0.423. The minimum atomic E-state index is -0.217. The van der Waals surface area contributed by atoms with Crippen LogP contribution >= 0.6 is 0 Å². The zero-order valence-electron chi connectivity index (χ0n) is 22.8. The first kappa shape index (κ1) is 24.3. The average molecular weight is 507 g/mol. The van der Waals surface area contributed by atoms with Gasteiger partial charge in [0.2, 0.25) is 0 Å². The van der Waals surface area contributed by atoms with Crippen LogP contribution in [0.2, 0.25) is 0 Å². The highest BCUT2D eigenvalue weighted by Crippen LogP contribution is 2.46. The third-order valence-corrected chi connectivity index (χ3v) is 9.03. The molecule has 3 atom stereocenters. The molecule has 1 fully saturated rings. The number of aldehydes is 1. The van der Waals surface area contributed by atoms with Crippen molar-refractivity contribution in [3.63, 3.8) is 0 Å². The zero-order valence-corrected chi connectivity index (χ0v) is 22.8. The molecule has 6 nitrogen and oxygen atoms in total. The predicted octanol–water partition coefficient (Wildman–Crippen LogP) is 4.74. The van der Waals surface area contributed by atoms with Crippen LogP contribution in [-0.4, -0.2) is 27.0 Å². The van der Waals surface area contributed by atoms with Gasteiger partial charge in [0.1, 0.15) is 0 Å². The minimum Gasteiger partial charge on any atom is -0.361 e. The van der Waals surface area contributed by atoms with E-state index in [1.807, 2.05) is 32.1 Å². The number of ketones is 1. The Kier molecular flexibility index (Phi) is 5.42. The van der Waals surface area contributed by atoms with Gasteiger partial charge in [0.15, 0.2) is 12.1 Å². The average Bonchev–Trinajstić information content (AvgIpc) is 3.62. The molecule has 0 radical (unpaired) electrons. The van der Waals surface area contributed by atoms with Gasteiger partial charge in [0.05, 0.1) is 11.0 Å². The van der Waals surface area contributed by atoms with Crippen molar-refractivity contribution in [2.45, 2.75) is 48.0 Å². The molecule has 6 rings (SSSR count). The van der Waals surface area contributed by atoms with Crippen molar-refractivity contribution < 1.29 is 9.59 Å². The van der Waals surface area contributed by atoms with E-state index in [4.69, 9.17) is 0 Å². The number of allylic oxidation sites excluding steroid dienone is 3. The molecule has 6 heteroatoms. The number of carbonyl (C=O) groups is 2. The summed E-state index contributed by atoms with van der Waals surface area (Å²) in [7, 11) is 0. The largest absolute Gasteiger partial charge is 0.361 e. The Bertz CT molecular complexity index is 1750. The summed E-state index contributed by atoms with van der Waals surface area (Å²) in [5, 5.41) is 5.35. The number of rotatable bonds is 3. The highest BCUT2D eigenvalue weighted by molar-refractivity contribution is 6.15. The van der Waals surface area contributed by atoms with Crippen molar-refractivity contribution in [3.8, 4) is 0 Å². The van der Waals surface area contributed by atoms with Gasteiger partial charge in [-0.05, 0) is 55.2 Å². The van der Waals surface area contributed by atoms with E-state index in [1.54, 1.807) is 0 Å². The summed E-state index contributed by atoms with van der Waals surface area (Å²) in [4.78, 5) is 36.5. The smallest absolute Gasteiger partial charge is 0.172 e. The summed E-state index contributed by atoms with van der Waals surface area (Å²) >= 11 is 0. The van der Waals surface area contributed by atoms with Crippen molar-refractivity contribution in [2.75, 3.05) is 0 Å². The van der Waals surface area contributed by atoms with Gasteiger partial charge in [0.25, 0.3) is 0 Å². The van der Waals surface area contributed by atoms with Crippen molar-refractivity contribution in [1.82, 2.24) is 20.3 Å². The number of hydrogen-bond donors (Lipinski definition) is 4. The van der Waals surface area contributed by atoms with Gasteiger partial charge in [-0.2, -0.15) is 0 Å². The van der Waals surface area contributed by atoms with E-state index in [0.717, 1.165) is 84.5 Å². The van der Waals surface area contributed by atoms with Gasteiger partial charge in [0, 0.05) is 73.8 Å². The molecule has 2 aliphatic heterocycles. The van der Waals surface area contributed by atoms with Crippen LogP contribution in [0.1, 0.15) is 93.4 Å². The van der Waals surface area contributed by atoms with Gasteiger partial charge in [-0.3, -0.25) is 9.59 Å². The molecule has 3 aromatic rings. The van der Waals surface area contributed by atoms with E-state index in [9.17, 15) is 9.59 Å². The maximum Gasteiger partial charge on any atom is 0.172 e. The fourth-order valence-corrected chi connectivity index (χ4v) is 6.55. The zero-order chi connectivity index (χ0) is 27.0. The SMILES string of the molecule is C=Cc1c2[nH]c(c1C)/C=C1/N/C(=C3\c4[nH]c(c(C)c4C(=O)[C@@H]3C)/C=c3\[nH]/c(c(C=O)c3CC)=C\2)[C@@H](C)[C@@H]1C. The number of fused-ring (bicyclic) bond motifs is 7. The number of nitrogens with one attached hydrogen (secondary N) is 4. The highest BCUT2D eigenvalue weighted by Gasteiger charge is 2.41. The van der Waals surface area contributed by atoms with Gasteiger partial charge >= 0.3 is 0 Å². The van der Waals surface area contributed by atoms with Crippen molar-refractivity contribution >= 4 is 41.9 Å². The lowest BCUT2D eigenvalue weighted by Crippen LogP contribution is -2.14. The quantitative estimate of drug-likeness (QED) is 0.387. The van der Waals surface area contributed by atoms with E-state index in [-0.39, 0.29) is 23.5 Å². The molecule has 38 heavy (non-hydrogen) atoms. The summed E-state index contributed by atoms with van der Waals surface area (Å²) in [6.45, 7) is 16.7. The summed E-state index contributed by atoms with van der Waals surface area (Å²) in [5.41, 5.74) is 12.4. The van der Waals surface area contributed by atoms with E-state index >= 15 is 0 Å². The Hall–Kier alpha value is -4.06. The summed E-state index contributed by atoms with van der Waals surface area (Å²) < 4.78 is 0. The molecule has 3 aliphatic rings. The van der Waals surface area contributed by atoms with Crippen LogP contribution in [0.5, 0.6) is 0 Å². The van der Waals surface area contributed by atoms with E-state index in [2.05, 4.69) is 60.6 Å². The van der Waals surface area contributed by atoms with Crippen molar-refractivity contribution in [2.24, 2.45) is 17.8 Å². The van der Waals surface area contributed by atoms with Crippen LogP contribution in [0.4, 0.5) is 0 Å². The summed E-state index contributed by atoms with van der Waals surface area (Å²) in [6.07, 6.45) is 9.72. The molecule has 0 amide bonds. The molecule has 4 N–H and O–H groups in total. The third kappa shape index (κ3) is 3.19. The van der Waals surface area contributed by atoms with E-state index < -0.39 is 0 Å². The fraction of sp³-hybridized carbons (Fsp3) is 0.312. The molecule has 8 bridgehead atoms. The molecule has 1 aliphatic carbocycles. The third-order valence-electron chi connectivity index (χ3n) is 9.03. The van der Waals surface area contributed by atoms with Crippen LogP contribution in [0.25, 0.3) is 29.9 Å². The first-order valence-corrected chi connectivity index (χ1v) is 13.4. The Balaban J connectivity index is 1.76. The fourth-order valence-electron chi connectivity index (χ4n) is 6.55. The molecular formula is C32H34N4O2. The molecule has 0 aromatic carbocycles. The Morgan fingerprint density at radius 3 is 2.29 bits per heavy atom. The monoisotopic (exact) mass is 506 g/mol. The number of aromatic amines is 3. The Morgan fingerprint density at radius 2 is 1.61 bits per heavy atom. The van der Waals surface area contributed by atoms with Gasteiger partial charge < -0.3 is 20.3 Å². The van der Waals surface area contributed by atoms with Crippen LogP contribution < -0.4 is 16.0 Å². The topological polar surface area (TPSA) is 93.5 Å². The normalized spacial score (nSPS) is 26.7. The molecule has 194 valence electrons. The maximum atomic E-state index is 13.5. The Labute approximate surface area is 222 Å². The number of carbonyl (C=O) groups excluding carboxylic acids is 2. The second kappa shape index (κ2) is 8.48. The first-order chi connectivity index (χ1) is 18.2. The minimum absolute atomic E-state index is 0.154. The number of H-pyrrole nitrogens is 3. The first-order valence-electron chi connectivity index (χ1n) is 13.4. The van der Waals surface area contributed by atoms with Gasteiger partial charge in [-0.15, -0.1) is 0 Å². The highest BCUT2D eigenvalue weighted by atomic mass is 16.1. The predicted molar refractivity (Wildman–Crippen MR) is 153 cm³/mol. The van der Waals surface area contributed by atoms with Crippen molar-refractivity contribution in [1.29, 1.82) is 0 Å². The standard InChI is InChI=1S/C32H34N4O2/c1-8-19-16(5)23-10-22-14(3)15(4)30(35-22)28-18(7)32(38)29-17(6)24(36-31(28)29)11-26-20(9-2)21(13-37)27(34-26)12-25(19)33-23/h8,10-15,18,33-36H,1,9H2,2-7H3/b22-10+,26-11-,27-12-,30-28-/t14-,15-,18+/m0/s1. The summed E-state index contributed by atoms with van der Waals surface area (Å²) in [6, 6.07) is 0. The number of hydrogen-bond acceptors (Lipinski definition) is 3. The number of aromatic nitrogens is 3. The van der Waals surface area contributed by atoms with Crippen LogP contribution in [0.15, 0.2) is 18.0 Å². The lowest BCUT2D eigenvalue weighted by atomic mass is 9.90. The lowest BCUT2D eigenvalue weighted by molar-refractivity contribution is 0.0964. The van der Waals surface area contributed by atoms with Crippen LogP contribution in [0, 0.1) is 31.6 Å². The molecule has 0 unspecified atom stereocenters. The van der Waals surface area contributed by atoms with E-state index in [0.29, 0.717) is 12.0 Å². The molecule has 5 heterocycles.